The molecule has 8 heteroatoms. The van der Waals surface area contributed by atoms with Crippen LogP contribution >= 0.6 is 27.3 Å². The summed E-state index contributed by atoms with van der Waals surface area (Å²) in [6.45, 7) is 8.26. The van der Waals surface area contributed by atoms with Gasteiger partial charge < -0.3 is 9.47 Å². The summed E-state index contributed by atoms with van der Waals surface area (Å²) in [5.74, 6) is 0.251. The van der Waals surface area contributed by atoms with E-state index in [1.165, 1.54) is 11.3 Å². The number of carbonyl (C=O) groups is 1. The highest BCUT2D eigenvalue weighted by Gasteiger charge is 2.33. The number of hydrogen-bond donors (Lipinski definition) is 0. The first-order valence-corrected chi connectivity index (χ1v) is 12.6. The Hall–Kier alpha value is -2.97. The maximum absolute atomic E-state index is 13.6. The van der Waals surface area contributed by atoms with E-state index in [-0.39, 0.29) is 12.2 Å². The van der Waals surface area contributed by atoms with E-state index in [1.807, 2.05) is 62.4 Å². The van der Waals surface area contributed by atoms with E-state index in [0.29, 0.717) is 27.2 Å². The second-order valence-electron chi connectivity index (χ2n) is 7.81. The number of carbonyl (C=O) groups excluding carboxylic acids is 1. The van der Waals surface area contributed by atoms with Crippen molar-refractivity contribution < 1.29 is 14.3 Å². The fourth-order valence-corrected chi connectivity index (χ4v) is 5.31. The molecule has 176 valence electrons. The predicted molar refractivity (Wildman–Crippen MR) is 137 cm³/mol. The van der Waals surface area contributed by atoms with Crippen LogP contribution in [0, 0.1) is 6.92 Å². The number of fused-ring (bicyclic) bond motifs is 1. The maximum Gasteiger partial charge on any atom is 0.338 e. The number of ether oxygens (including phenoxy) is 2. The van der Waals surface area contributed by atoms with E-state index >= 15 is 0 Å². The molecule has 0 N–H and O–H groups in total. The zero-order chi connectivity index (χ0) is 24.4. The number of hydrogen-bond acceptors (Lipinski definition) is 6. The molecular formula is C26H25BrN2O4S. The number of allylic oxidation sites excluding steroid dienone is 1. The predicted octanol–water partition coefficient (Wildman–Crippen LogP) is 4.27. The molecule has 0 bridgehead atoms. The molecular weight excluding hydrogens is 516 g/mol. The molecule has 1 aromatic heterocycles. The van der Waals surface area contributed by atoms with E-state index in [4.69, 9.17) is 9.47 Å². The van der Waals surface area contributed by atoms with Crippen molar-refractivity contribution in [2.24, 2.45) is 4.99 Å². The SMILES string of the molecule is CCOC(=O)C1=C(C)N=c2s/c(=C\c3ccc(C)c(Br)c3)c(=O)n2[C@@H]1c1ccc(OCC)cc1. The topological polar surface area (TPSA) is 69.9 Å². The molecule has 0 saturated heterocycles. The molecule has 0 unspecified atom stereocenters. The van der Waals surface area contributed by atoms with Gasteiger partial charge in [-0.3, -0.25) is 9.36 Å². The number of benzene rings is 2. The number of aromatic nitrogens is 1. The van der Waals surface area contributed by atoms with E-state index in [9.17, 15) is 9.59 Å². The van der Waals surface area contributed by atoms with Gasteiger partial charge >= 0.3 is 5.97 Å². The highest BCUT2D eigenvalue weighted by molar-refractivity contribution is 9.10. The minimum absolute atomic E-state index is 0.200. The lowest BCUT2D eigenvalue weighted by molar-refractivity contribution is -0.139. The van der Waals surface area contributed by atoms with Crippen LogP contribution in [0.15, 0.2) is 68.0 Å². The molecule has 1 aliphatic heterocycles. The Morgan fingerprint density at radius 1 is 1.15 bits per heavy atom. The first kappa shape index (κ1) is 24.2. The number of thiazole rings is 1. The molecule has 1 aliphatic rings. The number of nitrogens with zero attached hydrogens (tertiary/aromatic N) is 2. The van der Waals surface area contributed by atoms with Gasteiger partial charge in [0.1, 0.15) is 5.75 Å². The van der Waals surface area contributed by atoms with Crippen LogP contribution in [-0.4, -0.2) is 23.8 Å². The maximum atomic E-state index is 13.6. The average molecular weight is 541 g/mol. The third kappa shape index (κ3) is 4.65. The van der Waals surface area contributed by atoms with Crippen LogP contribution in [0.2, 0.25) is 0 Å². The van der Waals surface area contributed by atoms with E-state index in [2.05, 4.69) is 20.9 Å². The number of rotatable bonds is 6. The Balaban J connectivity index is 1.91. The molecule has 0 radical (unpaired) electrons. The normalized spacial score (nSPS) is 15.7. The Bertz CT molecular complexity index is 1450. The standard InChI is InChI=1S/C26H25BrN2O4S/c1-5-32-19-11-9-18(10-12-19)23-22(25(31)33-6-2)16(4)28-26-29(23)24(30)21(34-26)14-17-8-7-15(3)20(27)13-17/h7-14,23H,5-6H2,1-4H3/b21-14-/t23-/m1/s1. The van der Waals surface area contributed by atoms with Gasteiger partial charge in [0, 0.05) is 4.47 Å². The summed E-state index contributed by atoms with van der Waals surface area (Å²) in [5.41, 5.74) is 3.51. The van der Waals surface area contributed by atoms with Crippen molar-refractivity contribution in [3.8, 4) is 5.75 Å². The van der Waals surface area contributed by atoms with Gasteiger partial charge in [-0.1, -0.05) is 51.5 Å². The summed E-state index contributed by atoms with van der Waals surface area (Å²) >= 11 is 4.86. The van der Waals surface area contributed by atoms with Gasteiger partial charge in [0.25, 0.3) is 5.56 Å². The molecule has 6 nitrogen and oxygen atoms in total. The average Bonchev–Trinajstić information content (AvgIpc) is 3.10. The largest absolute Gasteiger partial charge is 0.494 e. The summed E-state index contributed by atoms with van der Waals surface area (Å²) in [6.07, 6.45) is 1.85. The second kappa shape index (κ2) is 10.1. The molecule has 1 atom stereocenters. The monoisotopic (exact) mass is 540 g/mol. The van der Waals surface area contributed by atoms with Crippen LogP contribution in [0.3, 0.4) is 0 Å². The summed E-state index contributed by atoms with van der Waals surface area (Å²) in [7, 11) is 0. The van der Waals surface area contributed by atoms with Crippen LogP contribution in [0.1, 0.15) is 43.5 Å². The van der Waals surface area contributed by atoms with Crippen molar-refractivity contribution in [1.82, 2.24) is 4.57 Å². The second-order valence-corrected chi connectivity index (χ2v) is 9.68. The highest BCUT2D eigenvalue weighted by atomic mass is 79.9. The molecule has 2 heterocycles. The zero-order valence-corrected chi connectivity index (χ0v) is 21.8. The Morgan fingerprint density at radius 2 is 1.88 bits per heavy atom. The van der Waals surface area contributed by atoms with Gasteiger partial charge in [-0.05, 0) is 68.7 Å². The Morgan fingerprint density at radius 3 is 2.53 bits per heavy atom. The molecule has 34 heavy (non-hydrogen) atoms. The van der Waals surface area contributed by atoms with Crippen molar-refractivity contribution in [2.45, 2.75) is 33.7 Å². The van der Waals surface area contributed by atoms with Crippen LogP contribution < -0.4 is 19.6 Å². The summed E-state index contributed by atoms with van der Waals surface area (Å²) in [5, 5.41) is 0. The van der Waals surface area contributed by atoms with Crippen molar-refractivity contribution in [3.05, 3.63) is 94.6 Å². The van der Waals surface area contributed by atoms with Crippen molar-refractivity contribution >= 4 is 39.3 Å². The third-order valence-electron chi connectivity index (χ3n) is 5.52. The van der Waals surface area contributed by atoms with E-state index < -0.39 is 12.0 Å². The minimum Gasteiger partial charge on any atom is -0.494 e. The first-order valence-electron chi connectivity index (χ1n) is 11.0. The van der Waals surface area contributed by atoms with E-state index in [0.717, 1.165) is 26.9 Å². The Labute approximate surface area is 210 Å². The molecule has 0 aliphatic carbocycles. The van der Waals surface area contributed by atoms with Gasteiger partial charge in [0.05, 0.1) is 35.1 Å². The van der Waals surface area contributed by atoms with Crippen molar-refractivity contribution in [3.63, 3.8) is 0 Å². The van der Waals surface area contributed by atoms with Crippen LogP contribution in [0.5, 0.6) is 5.75 Å². The molecule has 0 amide bonds. The molecule has 2 aromatic carbocycles. The van der Waals surface area contributed by atoms with Crippen molar-refractivity contribution in [2.75, 3.05) is 13.2 Å². The van der Waals surface area contributed by atoms with Crippen molar-refractivity contribution in [1.29, 1.82) is 0 Å². The third-order valence-corrected chi connectivity index (χ3v) is 7.35. The van der Waals surface area contributed by atoms with Gasteiger partial charge in [-0.15, -0.1) is 0 Å². The van der Waals surface area contributed by atoms with Crippen LogP contribution in [0.25, 0.3) is 6.08 Å². The van der Waals surface area contributed by atoms with Gasteiger partial charge in [-0.25, -0.2) is 9.79 Å². The van der Waals surface area contributed by atoms with E-state index in [1.54, 1.807) is 18.4 Å². The smallest absolute Gasteiger partial charge is 0.338 e. The lowest BCUT2D eigenvalue weighted by Crippen LogP contribution is -2.39. The summed E-state index contributed by atoms with van der Waals surface area (Å²) in [6, 6.07) is 12.7. The lowest BCUT2D eigenvalue weighted by atomic mass is 9.96. The Kier molecular flexibility index (Phi) is 7.19. The fourth-order valence-electron chi connectivity index (χ4n) is 3.87. The molecule has 4 rings (SSSR count). The number of halogens is 1. The van der Waals surface area contributed by atoms with Crippen LogP contribution in [0.4, 0.5) is 0 Å². The molecule has 0 spiro atoms. The number of aryl methyl sites for hydroxylation is 1. The quantitative estimate of drug-likeness (QED) is 0.438. The summed E-state index contributed by atoms with van der Waals surface area (Å²) < 4.78 is 14.0. The van der Waals surface area contributed by atoms with Crippen LogP contribution in [-0.2, 0) is 9.53 Å². The van der Waals surface area contributed by atoms with Gasteiger partial charge in [-0.2, -0.15) is 0 Å². The highest BCUT2D eigenvalue weighted by Crippen LogP contribution is 2.31. The lowest BCUT2D eigenvalue weighted by Gasteiger charge is -2.24. The fraction of sp³-hybridized carbons (Fsp3) is 0.269. The van der Waals surface area contributed by atoms with Gasteiger partial charge in [0.15, 0.2) is 4.80 Å². The minimum atomic E-state index is -0.641. The molecule has 0 fully saturated rings. The summed E-state index contributed by atoms with van der Waals surface area (Å²) in [4.78, 5) is 31.7. The molecule has 0 saturated carbocycles. The first-order chi connectivity index (χ1) is 16.3. The number of esters is 1. The zero-order valence-electron chi connectivity index (χ0n) is 19.4. The van der Waals surface area contributed by atoms with Gasteiger partial charge in [0.2, 0.25) is 0 Å². The molecule has 3 aromatic rings.